The summed E-state index contributed by atoms with van der Waals surface area (Å²) in [6, 6.07) is 0.0732. The van der Waals surface area contributed by atoms with E-state index in [0.29, 0.717) is 12.8 Å². The first kappa shape index (κ1) is 17.8. The highest BCUT2D eigenvalue weighted by Crippen LogP contribution is 2.37. The number of hydrogen-bond donors (Lipinski definition) is 1. The van der Waals surface area contributed by atoms with Crippen molar-refractivity contribution < 1.29 is 26.4 Å². The van der Waals surface area contributed by atoms with Crippen LogP contribution in [-0.4, -0.2) is 42.2 Å². The summed E-state index contributed by atoms with van der Waals surface area (Å²) in [7, 11) is -3.16. The average molecular weight is 353 g/mol. The number of carbonyl (C=O) groups is 1. The lowest BCUT2D eigenvalue weighted by Crippen LogP contribution is -2.35. The maximum atomic E-state index is 12.8. The van der Waals surface area contributed by atoms with E-state index < -0.39 is 33.7 Å². The number of carbonyl (C=O) groups excluding carboxylic acids is 1. The van der Waals surface area contributed by atoms with E-state index in [4.69, 9.17) is 0 Å². The number of halogens is 3. The third-order valence-corrected chi connectivity index (χ3v) is 4.43. The first-order chi connectivity index (χ1) is 10.5. The van der Waals surface area contributed by atoms with Crippen molar-refractivity contribution in [3.63, 3.8) is 0 Å². The molecule has 0 aliphatic heterocycles. The zero-order valence-electron chi connectivity index (χ0n) is 12.7. The minimum Gasteiger partial charge on any atom is -0.348 e. The summed E-state index contributed by atoms with van der Waals surface area (Å²) in [4.78, 5) is 12.2. The predicted molar refractivity (Wildman–Crippen MR) is 76.8 cm³/mol. The molecule has 0 bridgehead atoms. The van der Waals surface area contributed by atoms with Crippen LogP contribution in [0, 0.1) is 0 Å². The van der Waals surface area contributed by atoms with Crippen LogP contribution in [0.4, 0.5) is 13.2 Å². The second-order valence-electron chi connectivity index (χ2n) is 5.88. The van der Waals surface area contributed by atoms with Crippen molar-refractivity contribution in [3.8, 4) is 0 Å². The maximum absolute atomic E-state index is 12.8. The van der Waals surface area contributed by atoms with Gasteiger partial charge in [0.05, 0.1) is 11.8 Å². The van der Waals surface area contributed by atoms with Gasteiger partial charge in [-0.1, -0.05) is 0 Å². The van der Waals surface area contributed by atoms with Crippen LogP contribution < -0.4 is 5.32 Å². The molecule has 1 aromatic rings. The van der Waals surface area contributed by atoms with Crippen molar-refractivity contribution in [1.82, 2.24) is 15.1 Å². The molecule has 0 spiro atoms. The summed E-state index contributed by atoms with van der Waals surface area (Å²) < 4.78 is 61.6. The molecule has 1 aliphatic rings. The molecule has 23 heavy (non-hydrogen) atoms. The molecule has 0 radical (unpaired) electrons. The minimum atomic E-state index is -4.61. The van der Waals surface area contributed by atoms with Crippen LogP contribution in [0.3, 0.4) is 0 Å². The highest BCUT2D eigenvalue weighted by molar-refractivity contribution is 7.90. The largest absolute Gasteiger partial charge is 0.435 e. The minimum absolute atomic E-state index is 0.107. The van der Waals surface area contributed by atoms with Gasteiger partial charge in [-0.05, 0) is 26.2 Å². The van der Waals surface area contributed by atoms with E-state index in [2.05, 4.69) is 10.4 Å². The summed E-state index contributed by atoms with van der Waals surface area (Å²) in [5, 5.41) is 6.02. The quantitative estimate of drug-likeness (QED) is 0.845. The standard InChI is InChI=1S/C13H18F3N3O3S/c1-8(5-6-23(2,21)22)17-12(20)10-7-11(13(14,15)16)18-19(10)9-3-4-9/h7-9H,3-6H2,1-2H3,(H,17,20). The fraction of sp³-hybridized carbons (Fsp3) is 0.692. The Morgan fingerprint density at radius 2 is 2.09 bits per heavy atom. The van der Waals surface area contributed by atoms with Gasteiger partial charge in [0, 0.05) is 18.4 Å². The van der Waals surface area contributed by atoms with Gasteiger partial charge in [-0.3, -0.25) is 9.48 Å². The van der Waals surface area contributed by atoms with E-state index in [1.807, 2.05) is 0 Å². The first-order valence-electron chi connectivity index (χ1n) is 7.12. The Hall–Kier alpha value is -1.58. The Bertz CT molecular complexity index is 693. The topological polar surface area (TPSA) is 81.1 Å². The predicted octanol–water partition coefficient (Wildman–Crippen LogP) is 1.79. The van der Waals surface area contributed by atoms with E-state index >= 15 is 0 Å². The monoisotopic (exact) mass is 353 g/mol. The molecular formula is C13H18F3N3O3S. The lowest BCUT2D eigenvalue weighted by molar-refractivity contribution is -0.141. The number of rotatable bonds is 6. The lowest BCUT2D eigenvalue weighted by Gasteiger charge is -2.13. The Labute approximate surface area is 132 Å². The van der Waals surface area contributed by atoms with E-state index in [0.717, 1.165) is 17.0 Å². The molecule has 1 saturated carbocycles. The highest BCUT2D eigenvalue weighted by atomic mass is 32.2. The van der Waals surface area contributed by atoms with Gasteiger partial charge in [0.25, 0.3) is 5.91 Å². The van der Waals surface area contributed by atoms with Gasteiger partial charge in [0.2, 0.25) is 0 Å². The average Bonchev–Trinajstić information content (AvgIpc) is 3.12. The molecule has 130 valence electrons. The van der Waals surface area contributed by atoms with Gasteiger partial charge in [-0.25, -0.2) is 8.42 Å². The smallest absolute Gasteiger partial charge is 0.348 e. The van der Waals surface area contributed by atoms with Gasteiger partial charge in [-0.15, -0.1) is 0 Å². The second-order valence-corrected chi connectivity index (χ2v) is 8.14. The molecule has 1 atom stereocenters. The van der Waals surface area contributed by atoms with Gasteiger partial charge in [-0.2, -0.15) is 18.3 Å². The van der Waals surface area contributed by atoms with Crippen LogP contribution in [0.2, 0.25) is 0 Å². The van der Waals surface area contributed by atoms with Crippen LogP contribution in [0.15, 0.2) is 6.07 Å². The molecule has 2 rings (SSSR count). The summed E-state index contributed by atoms with van der Waals surface area (Å²) in [6.45, 7) is 1.60. The van der Waals surface area contributed by atoms with Crippen molar-refractivity contribution in [2.75, 3.05) is 12.0 Å². The van der Waals surface area contributed by atoms with Crippen molar-refractivity contribution in [2.45, 2.75) is 44.4 Å². The summed E-state index contributed by atoms with van der Waals surface area (Å²) in [5.74, 6) is -0.787. The molecule has 1 aromatic heterocycles. The van der Waals surface area contributed by atoms with Gasteiger partial charge in [0.1, 0.15) is 15.5 Å². The number of sulfone groups is 1. The zero-order valence-corrected chi connectivity index (χ0v) is 13.5. The number of nitrogens with zero attached hydrogens (tertiary/aromatic N) is 2. The molecule has 1 aliphatic carbocycles. The number of alkyl halides is 3. The van der Waals surface area contributed by atoms with Crippen LogP contribution in [-0.2, 0) is 16.0 Å². The normalized spacial score (nSPS) is 17.1. The van der Waals surface area contributed by atoms with Crippen molar-refractivity contribution in [3.05, 3.63) is 17.5 Å². The molecular weight excluding hydrogens is 335 g/mol. The Morgan fingerprint density at radius 1 is 1.48 bits per heavy atom. The third kappa shape index (κ3) is 4.95. The van der Waals surface area contributed by atoms with E-state index in [1.54, 1.807) is 6.92 Å². The number of aromatic nitrogens is 2. The molecule has 10 heteroatoms. The molecule has 0 aromatic carbocycles. The maximum Gasteiger partial charge on any atom is 0.435 e. The number of amides is 1. The van der Waals surface area contributed by atoms with Crippen LogP contribution in [0.25, 0.3) is 0 Å². The van der Waals surface area contributed by atoms with Crippen molar-refractivity contribution in [1.29, 1.82) is 0 Å². The van der Waals surface area contributed by atoms with E-state index in [-0.39, 0.29) is 23.9 Å². The van der Waals surface area contributed by atoms with Crippen molar-refractivity contribution in [2.24, 2.45) is 0 Å². The Balaban J connectivity index is 2.11. The number of hydrogen-bond acceptors (Lipinski definition) is 4. The molecule has 6 nitrogen and oxygen atoms in total. The van der Waals surface area contributed by atoms with Crippen LogP contribution in [0.5, 0.6) is 0 Å². The molecule has 1 heterocycles. The Morgan fingerprint density at radius 3 is 2.57 bits per heavy atom. The fourth-order valence-electron chi connectivity index (χ4n) is 2.06. The number of nitrogens with one attached hydrogen (secondary N) is 1. The molecule has 0 saturated heterocycles. The summed E-state index contributed by atoms with van der Waals surface area (Å²) >= 11 is 0. The molecule has 1 N–H and O–H groups in total. The van der Waals surface area contributed by atoms with Gasteiger partial charge < -0.3 is 5.32 Å². The SMILES string of the molecule is CC(CCS(C)(=O)=O)NC(=O)c1cc(C(F)(F)F)nn1C1CC1. The first-order valence-corrected chi connectivity index (χ1v) is 9.19. The molecule has 1 amide bonds. The fourth-order valence-corrected chi connectivity index (χ4v) is 2.84. The van der Waals surface area contributed by atoms with Crippen LogP contribution in [0.1, 0.15) is 48.4 Å². The van der Waals surface area contributed by atoms with Crippen molar-refractivity contribution >= 4 is 15.7 Å². The molecule has 1 fully saturated rings. The summed E-state index contributed by atoms with van der Waals surface area (Å²) in [5.41, 5.74) is -1.25. The lowest BCUT2D eigenvalue weighted by atomic mass is 10.2. The Kier molecular flexibility index (Phi) is 4.74. The highest BCUT2D eigenvalue weighted by Gasteiger charge is 2.38. The van der Waals surface area contributed by atoms with Gasteiger partial charge >= 0.3 is 6.18 Å². The summed E-state index contributed by atoms with van der Waals surface area (Å²) in [6.07, 6.45) is -1.98. The van der Waals surface area contributed by atoms with Crippen LogP contribution >= 0.6 is 0 Å². The second kappa shape index (κ2) is 6.14. The van der Waals surface area contributed by atoms with E-state index in [9.17, 15) is 26.4 Å². The zero-order chi connectivity index (χ0) is 17.4. The molecule has 1 unspecified atom stereocenters. The van der Waals surface area contributed by atoms with E-state index in [1.165, 1.54) is 0 Å². The van der Waals surface area contributed by atoms with Gasteiger partial charge in [0.15, 0.2) is 5.69 Å². The third-order valence-electron chi connectivity index (χ3n) is 3.45.